The van der Waals surface area contributed by atoms with Crippen molar-refractivity contribution in [3.05, 3.63) is 72.1 Å². The highest BCUT2D eigenvalue weighted by atomic mass is 16.5. The second-order valence-electron chi connectivity index (χ2n) is 6.72. The lowest BCUT2D eigenvalue weighted by Crippen LogP contribution is -2.42. The minimum absolute atomic E-state index is 0.0423. The first-order valence-electron chi connectivity index (χ1n) is 9.00. The van der Waals surface area contributed by atoms with Crippen LogP contribution in [0.1, 0.15) is 37.1 Å². The summed E-state index contributed by atoms with van der Waals surface area (Å²) in [6.07, 6.45) is 3.89. The highest BCUT2D eigenvalue weighted by Crippen LogP contribution is 2.41. The Kier molecular flexibility index (Phi) is 4.52. The van der Waals surface area contributed by atoms with Crippen LogP contribution in [-0.2, 0) is 16.8 Å². The molecule has 1 aliphatic rings. The smallest absolute Gasteiger partial charge is 0.246 e. The van der Waals surface area contributed by atoms with Crippen LogP contribution in [0.3, 0.4) is 0 Å². The monoisotopic (exact) mass is 347 g/mol. The number of hydrogen-bond donors (Lipinski definition) is 1. The molecule has 1 amide bonds. The van der Waals surface area contributed by atoms with E-state index in [2.05, 4.69) is 15.5 Å². The second-order valence-corrected chi connectivity index (χ2v) is 6.72. The van der Waals surface area contributed by atoms with E-state index >= 15 is 0 Å². The number of benzene rings is 2. The highest BCUT2D eigenvalue weighted by Gasteiger charge is 2.42. The summed E-state index contributed by atoms with van der Waals surface area (Å²) in [6, 6.07) is 19.7. The maximum Gasteiger partial charge on any atom is 0.246 e. The molecule has 1 heterocycles. The van der Waals surface area contributed by atoms with Crippen LogP contribution in [0.4, 0.5) is 0 Å². The number of carbonyl (C=O) groups is 1. The first-order valence-corrected chi connectivity index (χ1v) is 9.00. The molecule has 4 rings (SSSR count). The number of nitrogens with one attached hydrogen (secondary N) is 1. The van der Waals surface area contributed by atoms with Crippen molar-refractivity contribution in [2.24, 2.45) is 0 Å². The third-order valence-corrected chi connectivity index (χ3v) is 5.12. The van der Waals surface area contributed by atoms with Gasteiger partial charge in [0.1, 0.15) is 0 Å². The largest absolute Gasteiger partial charge is 0.346 e. The summed E-state index contributed by atoms with van der Waals surface area (Å²) in [5.74, 6) is 0.993. The van der Waals surface area contributed by atoms with Gasteiger partial charge < -0.3 is 9.84 Å². The van der Waals surface area contributed by atoms with Crippen LogP contribution in [0, 0.1) is 0 Å². The third-order valence-electron chi connectivity index (χ3n) is 5.12. The van der Waals surface area contributed by atoms with Crippen molar-refractivity contribution in [3.8, 4) is 11.4 Å². The minimum Gasteiger partial charge on any atom is -0.346 e. The molecular weight excluding hydrogens is 326 g/mol. The molecule has 0 aliphatic heterocycles. The molecule has 26 heavy (non-hydrogen) atoms. The van der Waals surface area contributed by atoms with Crippen LogP contribution in [0.2, 0.25) is 0 Å². The van der Waals surface area contributed by atoms with E-state index in [1.165, 1.54) is 0 Å². The Hall–Kier alpha value is -2.95. The SMILES string of the molecule is O=C(NCc1nc(-c2ccccc2)no1)C1(c2ccccc2)CCCC1. The average molecular weight is 347 g/mol. The summed E-state index contributed by atoms with van der Waals surface area (Å²) in [6.45, 7) is 0.243. The van der Waals surface area contributed by atoms with Gasteiger partial charge in [-0.3, -0.25) is 4.79 Å². The topological polar surface area (TPSA) is 68.0 Å². The van der Waals surface area contributed by atoms with Gasteiger partial charge >= 0.3 is 0 Å². The van der Waals surface area contributed by atoms with E-state index in [4.69, 9.17) is 4.52 Å². The fraction of sp³-hybridized carbons (Fsp3) is 0.286. The van der Waals surface area contributed by atoms with Crippen molar-refractivity contribution in [3.63, 3.8) is 0 Å². The van der Waals surface area contributed by atoms with Gasteiger partial charge in [-0.2, -0.15) is 4.98 Å². The zero-order valence-electron chi connectivity index (χ0n) is 14.5. The van der Waals surface area contributed by atoms with Crippen molar-refractivity contribution in [1.82, 2.24) is 15.5 Å². The number of rotatable bonds is 5. The third kappa shape index (κ3) is 3.12. The molecule has 5 heteroatoms. The molecule has 5 nitrogen and oxygen atoms in total. The quantitative estimate of drug-likeness (QED) is 0.761. The number of aromatic nitrogens is 2. The molecule has 0 spiro atoms. The number of hydrogen-bond acceptors (Lipinski definition) is 4. The summed E-state index contributed by atoms with van der Waals surface area (Å²) in [5, 5.41) is 7.01. The van der Waals surface area contributed by atoms with E-state index in [1.54, 1.807) is 0 Å². The predicted octanol–water partition coefficient (Wildman–Crippen LogP) is 3.86. The van der Waals surface area contributed by atoms with Crippen molar-refractivity contribution in [2.75, 3.05) is 0 Å². The Bertz CT molecular complexity index is 869. The van der Waals surface area contributed by atoms with Gasteiger partial charge in [-0.1, -0.05) is 78.7 Å². The molecule has 2 aromatic carbocycles. The molecule has 3 aromatic rings. The summed E-state index contributed by atoms with van der Waals surface area (Å²) < 4.78 is 5.29. The van der Waals surface area contributed by atoms with Crippen LogP contribution < -0.4 is 5.32 Å². The fourth-order valence-corrected chi connectivity index (χ4v) is 3.74. The molecule has 1 N–H and O–H groups in total. The molecule has 0 bridgehead atoms. The van der Waals surface area contributed by atoms with Crippen LogP contribution >= 0.6 is 0 Å². The molecule has 0 atom stereocenters. The number of amides is 1. The molecule has 0 saturated heterocycles. The van der Waals surface area contributed by atoms with Crippen LogP contribution in [-0.4, -0.2) is 16.0 Å². The summed E-state index contributed by atoms with van der Waals surface area (Å²) in [5.41, 5.74) is 1.54. The molecule has 1 aromatic heterocycles. The van der Waals surface area contributed by atoms with E-state index < -0.39 is 5.41 Å². The fourth-order valence-electron chi connectivity index (χ4n) is 3.74. The minimum atomic E-state index is -0.441. The maximum absolute atomic E-state index is 13.0. The Morgan fingerprint density at radius 2 is 1.65 bits per heavy atom. The Labute approximate surface area is 152 Å². The Balaban J connectivity index is 1.47. The lowest BCUT2D eigenvalue weighted by atomic mass is 9.78. The molecule has 0 radical (unpaired) electrons. The van der Waals surface area contributed by atoms with Gasteiger partial charge in [0.15, 0.2) is 0 Å². The van der Waals surface area contributed by atoms with Gasteiger partial charge in [-0.25, -0.2) is 0 Å². The zero-order valence-corrected chi connectivity index (χ0v) is 14.5. The van der Waals surface area contributed by atoms with E-state index in [1.807, 2.05) is 60.7 Å². The first kappa shape index (κ1) is 16.5. The predicted molar refractivity (Wildman–Crippen MR) is 98.2 cm³/mol. The van der Waals surface area contributed by atoms with Gasteiger partial charge in [0.2, 0.25) is 17.6 Å². The van der Waals surface area contributed by atoms with Crippen LogP contribution in [0.15, 0.2) is 65.2 Å². The van der Waals surface area contributed by atoms with Crippen LogP contribution in [0.5, 0.6) is 0 Å². The van der Waals surface area contributed by atoms with Crippen molar-refractivity contribution < 1.29 is 9.32 Å². The summed E-state index contributed by atoms with van der Waals surface area (Å²) in [4.78, 5) is 17.4. The lowest BCUT2D eigenvalue weighted by Gasteiger charge is -2.28. The van der Waals surface area contributed by atoms with Crippen LogP contribution in [0.25, 0.3) is 11.4 Å². The number of nitrogens with zero attached hydrogens (tertiary/aromatic N) is 2. The van der Waals surface area contributed by atoms with Crippen molar-refractivity contribution in [2.45, 2.75) is 37.6 Å². The Morgan fingerprint density at radius 3 is 2.35 bits per heavy atom. The van der Waals surface area contributed by atoms with Gasteiger partial charge in [0, 0.05) is 5.56 Å². The molecule has 1 saturated carbocycles. The zero-order chi connectivity index (χ0) is 17.8. The summed E-state index contributed by atoms with van der Waals surface area (Å²) >= 11 is 0. The lowest BCUT2D eigenvalue weighted by molar-refractivity contribution is -0.127. The molecular formula is C21H21N3O2. The normalized spacial score (nSPS) is 15.7. The van der Waals surface area contributed by atoms with Gasteiger partial charge in [0.25, 0.3) is 0 Å². The van der Waals surface area contributed by atoms with Gasteiger partial charge in [-0.05, 0) is 18.4 Å². The van der Waals surface area contributed by atoms with Gasteiger partial charge in [0.05, 0.1) is 12.0 Å². The van der Waals surface area contributed by atoms with Crippen molar-refractivity contribution >= 4 is 5.91 Å². The standard InChI is InChI=1S/C21H21N3O2/c25-20(21(13-7-8-14-21)17-11-5-2-6-12-17)22-15-18-23-19(24-26-18)16-9-3-1-4-10-16/h1-6,9-12H,7-8,13-15H2,(H,22,25). The Morgan fingerprint density at radius 1 is 1.00 bits per heavy atom. The molecule has 132 valence electrons. The average Bonchev–Trinajstić information content (AvgIpc) is 3.38. The van der Waals surface area contributed by atoms with E-state index in [0.717, 1.165) is 36.8 Å². The maximum atomic E-state index is 13.0. The molecule has 0 unspecified atom stereocenters. The summed E-state index contributed by atoms with van der Waals surface area (Å²) in [7, 11) is 0. The number of carbonyl (C=O) groups excluding carboxylic acids is 1. The second kappa shape index (κ2) is 7.12. The molecule has 1 fully saturated rings. The van der Waals surface area contributed by atoms with Gasteiger partial charge in [-0.15, -0.1) is 0 Å². The first-order chi connectivity index (χ1) is 12.8. The van der Waals surface area contributed by atoms with E-state index in [0.29, 0.717) is 11.7 Å². The molecule has 1 aliphatic carbocycles. The highest BCUT2D eigenvalue weighted by molar-refractivity contribution is 5.88. The van der Waals surface area contributed by atoms with E-state index in [-0.39, 0.29) is 12.5 Å². The van der Waals surface area contributed by atoms with Crippen molar-refractivity contribution in [1.29, 1.82) is 0 Å². The van der Waals surface area contributed by atoms with E-state index in [9.17, 15) is 4.79 Å².